The Balaban J connectivity index is 0.00000112. The molecule has 0 bridgehead atoms. The summed E-state index contributed by atoms with van der Waals surface area (Å²) in [5.41, 5.74) is 1.50. The van der Waals surface area contributed by atoms with E-state index in [9.17, 15) is 4.79 Å². The van der Waals surface area contributed by atoms with Crippen molar-refractivity contribution in [3.8, 4) is 0 Å². The van der Waals surface area contributed by atoms with Gasteiger partial charge >= 0.3 is 31.8 Å². The molecule has 76 valence electrons. The predicted molar refractivity (Wildman–Crippen MR) is 65.6 cm³/mol. The van der Waals surface area contributed by atoms with Crippen LogP contribution < -0.4 is 0 Å². The van der Waals surface area contributed by atoms with Crippen LogP contribution in [0.2, 0.25) is 0 Å². The summed E-state index contributed by atoms with van der Waals surface area (Å²) in [5, 5.41) is 10.7. The summed E-state index contributed by atoms with van der Waals surface area (Å²) >= 11 is 0. The van der Waals surface area contributed by atoms with Gasteiger partial charge in [0, 0.05) is 0 Å². The molecule has 2 aromatic rings. The Morgan fingerprint density at radius 2 is 1.93 bits per heavy atom. The summed E-state index contributed by atoms with van der Waals surface area (Å²) in [5.74, 6) is -0.876. The first-order chi connectivity index (χ1) is 6.68. The summed E-state index contributed by atoms with van der Waals surface area (Å²) in [6.45, 7) is 1.99. The molecule has 0 spiro atoms. The minimum absolute atomic E-state index is 0. The second-order valence-corrected chi connectivity index (χ2v) is 3.34. The molecule has 2 rings (SSSR count). The van der Waals surface area contributed by atoms with Gasteiger partial charge in [-0.2, -0.15) is 0 Å². The fraction of sp³-hybridized carbons (Fsp3) is 0.0833. The Hall–Kier alpha value is -0.960. The molecule has 0 aliphatic rings. The van der Waals surface area contributed by atoms with Crippen molar-refractivity contribution < 1.29 is 9.90 Å². The van der Waals surface area contributed by atoms with Crippen molar-refractivity contribution in [2.75, 3.05) is 0 Å². The predicted octanol–water partition coefficient (Wildman–Crippen LogP) is 1.66. The van der Waals surface area contributed by atoms with Crippen molar-refractivity contribution in [3.05, 3.63) is 47.5 Å². The van der Waals surface area contributed by atoms with Crippen molar-refractivity contribution >= 4 is 42.6 Å². The van der Waals surface area contributed by atoms with Crippen LogP contribution in [-0.4, -0.2) is 36.9 Å². The number of fused-ring (bicyclic) bond motifs is 1. The number of aromatic carboxylic acids is 1. The maximum absolute atomic E-state index is 10.9. The van der Waals surface area contributed by atoms with Gasteiger partial charge in [0.15, 0.2) is 0 Å². The molecule has 0 fully saturated rings. The summed E-state index contributed by atoms with van der Waals surface area (Å²) in [4.78, 5) is 10.9. The molecule has 3 heteroatoms. The zero-order chi connectivity index (χ0) is 10.1. The molecule has 0 saturated heterocycles. The monoisotopic (exact) mass is 304 g/mol. The van der Waals surface area contributed by atoms with Crippen LogP contribution in [0.3, 0.4) is 0 Å². The van der Waals surface area contributed by atoms with E-state index in [1.54, 1.807) is 12.1 Å². The third-order valence-corrected chi connectivity index (χ3v) is 2.27. The molecule has 1 N–H and O–H groups in total. The molecule has 0 unspecified atom stereocenters. The van der Waals surface area contributed by atoms with E-state index in [4.69, 9.17) is 5.11 Å². The molecule has 0 saturated carbocycles. The van der Waals surface area contributed by atoms with Crippen LogP contribution in [-0.2, 0) is 0 Å². The Labute approximate surface area is 107 Å². The van der Waals surface area contributed by atoms with Gasteiger partial charge in [-0.1, -0.05) is 35.9 Å². The van der Waals surface area contributed by atoms with E-state index in [1.807, 2.05) is 31.2 Å². The molecular formula is C12H13InO2. The van der Waals surface area contributed by atoms with Crippen LogP contribution in [0.15, 0.2) is 36.4 Å². The Kier molecular flexibility index (Phi) is 3.80. The number of hydrogen-bond donors (Lipinski definition) is 1. The number of rotatable bonds is 1. The summed E-state index contributed by atoms with van der Waals surface area (Å²) in [7, 11) is 0. The molecule has 0 amide bonds. The van der Waals surface area contributed by atoms with Gasteiger partial charge in [0.2, 0.25) is 0 Å². The van der Waals surface area contributed by atoms with Gasteiger partial charge in [0.05, 0.1) is 5.56 Å². The van der Waals surface area contributed by atoms with Crippen LogP contribution in [0.4, 0.5) is 0 Å². The molecule has 0 radical (unpaired) electrons. The standard InChI is InChI=1S/C12H10O2.In.3H/c1-8-5-6-10-9(7-8)3-2-4-11(10)12(13)14;;;;/h2-7H,1H3,(H,13,14);;;;. The first kappa shape index (κ1) is 12.1. The Morgan fingerprint density at radius 3 is 2.60 bits per heavy atom. The third kappa shape index (κ3) is 2.34. The number of hydrogen-bond acceptors (Lipinski definition) is 1. The van der Waals surface area contributed by atoms with E-state index in [1.165, 1.54) is 0 Å². The number of aryl methyl sites for hydroxylation is 1. The van der Waals surface area contributed by atoms with Gasteiger partial charge in [-0.15, -0.1) is 0 Å². The Morgan fingerprint density at radius 1 is 1.20 bits per heavy atom. The van der Waals surface area contributed by atoms with Gasteiger partial charge in [-0.3, -0.25) is 0 Å². The number of carbonyl (C=O) groups is 1. The molecule has 0 aliphatic carbocycles. The number of carboxylic acids is 1. The number of benzene rings is 2. The van der Waals surface area contributed by atoms with E-state index in [0.29, 0.717) is 5.56 Å². The van der Waals surface area contributed by atoms with E-state index in [0.717, 1.165) is 16.3 Å². The van der Waals surface area contributed by atoms with Crippen molar-refractivity contribution in [1.82, 2.24) is 0 Å². The van der Waals surface area contributed by atoms with Crippen molar-refractivity contribution in [2.24, 2.45) is 0 Å². The van der Waals surface area contributed by atoms with Gasteiger partial charge in [0.25, 0.3) is 0 Å². The van der Waals surface area contributed by atoms with Crippen LogP contribution >= 0.6 is 0 Å². The molecule has 15 heavy (non-hydrogen) atoms. The summed E-state index contributed by atoms with van der Waals surface area (Å²) in [6.07, 6.45) is 0. The third-order valence-electron chi connectivity index (χ3n) is 2.27. The van der Waals surface area contributed by atoms with Crippen LogP contribution in [0, 0.1) is 6.92 Å². The number of carboxylic acid groups (broad SMARTS) is 1. The van der Waals surface area contributed by atoms with E-state index >= 15 is 0 Å². The second-order valence-electron chi connectivity index (χ2n) is 3.34. The topological polar surface area (TPSA) is 37.3 Å². The molecule has 0 heterocycles. The first-order valence-corrected chi connectivity index (χ1v) is 4.41. The fourth-order valence-electron chi connectivity index (χ4n) is 1.59. The normalized spacial score (nSPS) is 9.67. The van der Waals surface area contributed by atoms with Crippen LogP contribution in [0.25, 0.3) is 10.8 Å². The van der Waals surface area contributed by atoms with E-state index < -0.39 is 5.97 Å². The van der Waals surface area contributed by atoms with Crippen molar-refractivity contribution in [1.29, 1.82) is 0 Å². The van der Waals surface area contributed by atoms with Crippen molar-refractivity contribution in [3.63, 3.8) is 0 Å². The van der Waals surface area contributed by atoms with Crippen LogP contribution in [0.5, 0.6) is 0 Å². The van der Waals surface area contributed by atoms with Gasteiger partial charge < -0.3 is 5.11 Å². The quantitative estimate of drug-likeness (QED) is 0.870. The van der Waals surface area contributed by atoms with Gasteiger partial charge in [0.1, 0.15) is 0 Å². The average Bonchev–Trinajstić information content (AvgIpc) is 2.16. The zero-order valence-electron chi connectivity index (χ0n) is 7.82. The zero-order valence-corrected chi connectivity index (χ0v) is 7.82. The second kappa shape index (κ2) is 4.71. The summed E-state index contributed by atoms with van der Waals surface area (Å²) in [6, 6.07) is 11.1. The fourth-order valence-corrected chi connectivity index (χ4v) is 1.59. The molecule has 0 aromatic heterocycles. The first-order valence-electron chi connectivity index (χ1n) is 4.41. The summed E-state index contributed by atoms with van der Waals surface area (Å²) < 4.78 is 0. The van der Waals surface area contributed by atoms with Crippen molar-refractivity contribution in [2.45, 2.75) is 6.92 Å². The average molecular weight is 304 g/mol. The van der Waals surface area contributed by atoms with Gasteiger partial charge in [-0.05, 0) is 23.8 Å². The SMILES string of the molecule is Cc1ccc2c(C(=O)O)cccc2c1.[InH3]. The Bertz CT molecular complexity index is 506. The maximum atomic E-state index is 10.9. The molecule has 2 nitrogen and oxygen atoms in total. The minimum atomic E-state index is -0.876. The van der Waals surface area contributed by atoms with E-state index in [2.05, 4.69) is 0 Å². The molecule has 0 atom stereocenters. The molecule has 2 aromatic carbocycles. The van der Waals surface area contributed by atoms with Gasteiger partial charge in [-0.25, -0.2) is 4.79 Å². The van der Waals surface area contributed by atoms with Crippen LogP contribution in [0.1, 0.15) is 15.9 Å². The molecular weight excluding hydrogens is 291 g/mol. The molecule has 0 aliphatic heterocycles. The van der Waals surface area contributed by atoms with E-state index in [-0.39, 0.29) is 25.8 Å².